The number of amides is 1. The third-order valence-corrected chi connectivity index (χ3v) is 5.97. The molecule has 1 amide bonds. The lowest BCUT2D eigenvalue weighted by molar-refractivity contribution is 0.0958. The highest BCUT2D eigenvalue weighted by molar-refractivity contribution is 9.10. The maximum atomic E-state index is 12.9. The second-order valence-corrected chi connectivity index (χ2v) is 8.40. The molecule has 0 radical (unpaired) electrons. The SMILES string of the molecule is Cc1cc(Br)cc2oc(C(=O)NS(=O)c3ccccc3-c3ccccc3)cc12. The number of carbonyl (C=O) groups is 1. The van der Waals surface area contributed by atoms with Crippen LogP contribution in [-0.2, 0) is 11.0 Å². The monoisotopic (exact) mass is 453 g/mol. The van der Waals surface area contributed by atoms with E-state index >= 15 is 0 Å². The van der Waals surface area contributed by atoms with Crippen LogP contribution in [0.4, 0.5) is 0 Å². The first kappa shape index (κ1) is 18.7. The molecule has 0 fully saturated rings. The number of nitrogens with one attached hydrogen (secondary N) is 1. The van der Waals surface area contributed by atoms with Gasteiger partial charge in [-0.25, -0.2) is 4.21 Å². The van der Waals surface area contributed by atoms with Crippen LogP contribution in [0.15, 0.2) is 86.6 Å². The van der Waals surface area contributed by atoms with Crippen LogP contribution in [0.1, 0.15) is 16.1 Å². The van der Waals surface area contributed by atoms with Crippen molar-refractivity contribution in [3.8, 4) is 11.1 Å². The van der Waals surface area contributed by atoms with Crippen molar-refractivity contribution < 1.29 is 13.4 Å². The van der Waals surface area contributed by atoms with Crippen LogP contribution in [-0.4, -0.2) is 10.1 Å². The normalized spacial score (nSPS) is 12.1. The van der Waals surface area contributed by atoms with Gasteiger partial charge in [-0.2, -0.15) is 0 Å². The zero-order valence-corrected chi connectivity index (χ0v) is 17.3. The van der Waals surface area contributed by atoms with Crippen LogP contribution >= 0.6 is 15.9 Å². The second-order valence-electron chi connectivity index (χ2n) is 6.31. The fourth-order valence-electron chi connectivity index (χ4n) is 3.06. The molecule has 6 heteroatoms. The summed E-state index contributed by atoms with van der Waals surface area (Å²) in [6.07, 6.45) is 0. The molecule has 0 aliphatic rings. The fourth-order valence-corrected chi connectivity index (χ4v) is 4.58. The number of benzene rings is 3. The van der Waals surface area contributed by atoms with E-state index in [1.54, 1.807) is 24.3 Å². The predicted octanol–water partition coefficient (Wildman–Crippen LogP) is 5.62. The molecule has 1 aromatic heterocycles. The summed E-state index contributed by atoms with van der Waals surface area (Å²) in [6.45, 7) is 1.94. The Kier molecular flexibility index (Phi) is 5.15. The van der Waals surface area contributed by atoms with Crippen molar-refractivity contribution in [3.63, 3.8) is 0 Å². The summed E-state index contributed by atoms with van der Waals surface area (Å²) in [7, 11) is -1.73. The Morgan fingerprint density at radius 2 is 1.71 bits per heavy atom. The summed E-state index contributed by atoms with van der Waals surface area (Å²) < 4.78 is 22.0. The average molecular weight is 454 g/mol. The van der Waals surface area contributed by atoms with Gasteiger partial charge in [-0.15, -0.1) is 0 Å². The molecule has 1 unspecified atom stereocenters. The minimum atomic E-state index is -1.73. The van der Waals surface area contributed by atoms with Gasteiger partial charge in [-0.3, -0.25) is 9.52 Å². The number of hydrogen-bond donors (Lipinski definition) is 1. The number of aryl methyl sites for hydroxylation is 1. The molecule has 4 nitrogen and oxygen atoms in total. The summed E-state index contributed by atoms with van der Waals surface area (Å²) in [4.78, 5) is 13.2. The molecule has 1 N–H and O–H groups in total. The van der Waals surface area contributed by atoms with E-state index in [1.165, 1.54) is 0 Å². The fraction of sp³-hybridized carbons (Fsp3) is 0.0455. The van der Waals surface area contributed by atoms with E-state index in [0.717, 1.165) is 26.5 Å². The zero-order valence-electron chi connectivity index (χ0n) is 14.9. The summed E-state index contributed by atoms with van der Waals surface area (Å²) >= 11 is 3.42. The van der Waals surface area contributed by atoms with Crippen molar-refractivity contribution in [1.82, 2.24) is 4.72 Å². The Morgan fingerprint density at radius 1 is 1.00 bits per heavy atom. The molecule has 4 aromatic rings. The Balaban J connectivity index is 1.63. The number of carbonyl (C=O) groups excluding carboxylic acids is 1. The molecular formula is C22H16BrNO3S. The van der Waals surface area contributed by atoms with Gasteiger partial charge in [0.05, 0.1) is 4.90 Å². The van der Waals surface area contributed by atoms with E-state index in [-0.39, 0.29) is 5.76 Å². The number of rotatable bonds is 4. The molecule has 140 valence electrons. The summed E-state index contributed by atoms with van der Waals surface area (Å²) in [6, 6.07) is 22.4. The first-order valence-corrected chi connectivity index (χ1v) is 10.5. The number of halogens is 1. The van der Waals surface area contributed by atoms with Gasteiger partial charge in [-0.05, 0) is 47.9 Å². The summed E-state index contributed by atoms with van der Waals surface area (Å²) in [5.74, 6) is -0.394. The van der Waals surface area contributed by atoms with Gasteiger partial charge in [0.15, 0.2) is 16.7 Å². The minimum absolute atomic E-state index is 0.127. The van der Waals surface area contributed by atoms with Crippen LogP contribution < -0.4 is 4.72 Å². The van der Waals surface area contributed by atoms with E-state index in [4.69, 9.17) is 4.42 Å². The van der Waals surface area contributed by atoms with Crippen molar-refractivity contribution in [2.45, 2.75) is 11.8 Å². The lowest BCUT2D eigenvalue weighted by atomic mass is 10.1. The van der Waals surface area contributed by atoms with Gasteiger partial charge >= 0.3 is 0 Å². The molecule has 0 saturated carbocycles. The van der Waals surface area contributed by atoms with Gasteiger partial charge in [0, 0.05) is 9.86 Å². The third-order valence-electron chi connectivity index (χ3n) is 4.39. The number of hydrogen-bond acceptors (Lipinski definition) is 3. The van der Waals surface area contributed by atoms with Gasteiger partial charge in [0.25, 0.3) is 5.91 Å². The largest absolute Gasteiger partial charge is 0.451 e. The van der Waals surface area contributed by atoms with Crippen molar-refractivity contribution in [2.24, 2.45) is 0 Å². The van der Waals surface area contributed by atoms with Crippen molar-refractivity contribution >= 4 is 43.8 Å². The summed E-state index contributed by atoms with van der Waals surface area (Å²) in [5.41, 5.74) is 3.34. The van der Waals surface area contributed by atoms with E-state index < -0.39 is 16.9 Å². The van der Waals surface area contributed by atoms with Crippen LogP contribution in [0.3, 0.4) is 0 Å². The molecule has 0 bridgehead atoms. The first-order chi connectivity index (χ1) is 13.5. The Hall–Kier alpha value is -2.70. The first-order valence-electron chi connectivity index (χ1n) is 8.60. The van der Waals surface area contributed by atoms with Crippen LogP contribution in [0.2, 0.25) is 0 Å². The van der Waals surface area contributed by atoms with Crippen molar-refractivity contribution in [3.05, 3.63) is 88.6 Å². The standard InChI is InChI=1S/C22H16BrNO3S/c1-14-11-16(23)12-19-18(14)13-20(27-19)22(25)24-28(26)21-10-6-5-9-17(21)15-7-3-2-4-8-15/h2-13H,1H3,(H,24,25). The van der Waals surface area contributed by atoms with Gasteiger partial charge in [0.2, 0.25) is 0 Å². The highest BCUT2D eigenvalue weighted by Crippen LogP contribution is 2.28. The Bertz CT molecular complexity index is 1200. The predicted molar refractivity (Wildman–Crippen MR) is 114 cm³/mol. The molecule has 1 heterocycles. The third kappa shape index (κ3) is 3.66. The minimum Gasteiger partial charge on any atom is -0.451 e. The Labute approximate surface area is 173 Å². The number of fused-ring (bicyclic) bond motifs is 1. The van der Waals surface area contributed by atoms with Crippen LogP contribution in [0.5, 0.6) is 0 Å². The zero-order chi connectivity index (χ0) is 19.7. The maximum absolute atomic E-state index is 12.9. The van der Waals surface area contributed by atoms with E-state index in [0.29, 0.717) is 10.5 Å². The van der Waals surface area contributed by atoms with Crippen molar-refractivity contribution in [1.29, 1.82) is 0 Å². The molecule has 4 rings (SSSR count). The van der Waals surface area contributed by atoms with Gasteiger partial charge in [0.1, 0.15) is 5.58 Å². The quantitative estimate of drug-likeness (QED) is 0.435. The average Bonchev–Trinajstić information content (AvgIpc) is 3.13. The molecule has 0 spiro atoms. The lowest BCUT2D eigenvalue weighted by Gasteiger charge is -2.09. The molecule has 1 atom stereocenters. The smallest absolute Gasteiger partial charge is 0.298 e. The van der Waals surface area contributed by atoms with Crippen LogP contribution in [0, 0.1) is 6.92 Å². The molecule has 28 heavy (non-hydrogen) atoms. The van der Waals surface area contributed by atoms with E-state index in [9.17, 15) is 9.00 Å². The Morgan fingerprint density at radius 3 is 2.50 bits per heavy atom. The highest BCUT2D eigenvalue weighted by Gasteiger charge is 2.18. The molecule has 0 saturated heterocycles. The highest BCUT2D eigenvalue weighted by atomic mass is 79.9. The maximum Gasteiger partial charge on any atom is 0.298 e. The van der Waals surface area contributed by atoms with E-state index in [1.807, 2.05) is 55.5 Å². The van der Waals surface area contributed by atoms with E-state index in [2.05, 4.69) is 20.7 Å². The molecule has 0 aliphatic carbocycles. The van der Waals surface area contributed by atoms with Gasteiger partial charge in [-0.1, -0.05) is 64.5 Å². The second kappa shape index (κ2) is 7.73. The van der Waals surface area contributed by atoms with Gasteiger partial charge < -0.3 is 4.42 Å². The summed E-state index contributed by atoms with van der Waals surface area (Å²) in [5, 5.41) is 0.851. The molecular weight excluding hydrogens is 438 g/mol. The lowest BCUT2D eigenvalue weighted by Crippen LogP contribution is -2.25. The van der Waals surface area contributed by atoms with Crippen molar-refractivity contribution in [2.75, 3.05) is 0 Å². The number of furan rings is 1. The topological polar surface area (TPSA) is 59.3 Å². The van der Waals surface area contributed by atoms with Crippen LogP contribution in [0.25, 0.3) is 22.1 Å². The molecule has 3 aromatic carbocycles. The molecule has 0 aliphatic heterocycles.